The first kappa shape index (κ1) is 23.2. The van der Waals surface area contributed by atoms with Crippen molar-refractivity contribution in [1.29, 1.82) is 0 Å². The van der Waals surface area contributed by atoms with Gasteiger partial charge in [0, 0.05) is 29.9 Å². The average molecular weight is 451 g/mol. The molecule has 0 aliphatic carbocycles. The molecule has 0 unspecified atom stereocenters. The molecular formula is C21H24BrFN2OS. The third-order valence-electron chi connectivity index (χ3n) is 3.16. The van der Waals surface area contributed by atoms with Crippen LogP contribution in [-0.2, 0) is 6.42 Å². The first-order valence-electron chi connectivity index (χ1n) is 8.66. The maximum atomic E-state index is 13.0. The van der Waals surface area contributed by atoms with E-state index in [0.29, 0.717) is 29.4 Å². The Hall–Kier alpha value is -1.84. The molecule has 0 saturated heterocycles. The summed E-state index contributed by atoms with van der Waals surface area (Å²) >= 11 is 4.84. The summed E-state index contributed by atoms with van der Waals surface area (Å²) in [5.74, 6) is 2.67. The summed E-state index contributed by atoms with van der Waals surface area (Å²) in [6.45, 7) is 7.36. The van der Waals surface area contributed by atoms with Crippen molar-refractivity contribution in [2.75, 3.05) is 5.33 Å². The Balaban J connectivity index is 0.00000176. The molecule has 0 radical (unpaired) electrons. The van der Waals surface area contributed by atoms with Gasteiger partial charge in [0.1, 0.15) is 5.03 Å². The molecule has 3 nitrogen and oxygen atoms in total. The van der Waals surface area contributed by atoms with Crippen molar-refractivity contribution < 1.29 is 8.81 Å². The summed E-state index contributed by atoms with van der Waals surface area (Å²) in [7, 11) is 0. The SMILES string of the molecule is C#CC/C(=C\C=C(/C)F)c1nc(CCBr)c(Sc2ccc(C)cn2)o1.CC. The van der Waals surface area contributed by atoms with Gasteiger partial charge >= 0.3 is 0 Å². The Morgan fingerprint density at radius 1 is 1.37 bits per heavy atom. The minimum Gasteiger partial charge on any atom is -0.429 e. The van der Waals surface area contributed by atoms with Crippen molar-refractivity contribution in [3.8, 4) is 12.3 Å². The van der Waals surface area contributed by atoms with Crippen LogP contribution in [0.25, 0.3) is 5.57 Å². The molecule has 6 heteroatoms. The molecule has 27 heavy (non-hydrogen) atoms. The first-order chi connectivity index (χ1) is 13.0. The molecule has 0 atom stereocenters. The summed E-state index contributed by atoms with van der Waals surface area (Å²) < 4.78 is 19.0. The van der Waals surface area contributed by atoms with Gasteiger partial charge in [-0.15, -0.1) is 12.3 Å². The summed E-state index contributed by atoms with van der Waals surface area (Å²) in [6.07, 6.45) is 11.2. The average Bonchev–Trinajstić information content (AvgIpc) is 3.05. The van der Waals surface area contributed by atoms with Gasteiger partial charge in [0.2, 0.25) is 5.89 Å². The molecule has 0 amide bonds. The Morgan fingerprint density at radius 3 is 2.67 bits per heavy atom. The van der Waals surface area contributed by atoms with E-state index in [0.717, 1.165) is 21.6 Å². The van der Waals surface area contributed by atoms with Gasteiger partial charge in [-0.1, -0.05) is 41.9 Å². The predicted octanol–water partition coefficient (Wildman–Crippen LogP) is 6.77. The molecule has 0 fully saturated rings. The maximum absolute atomic E-state index is 13.0. The minimum absolute atomic E-state index is 0.305. The number of allylic oxidation sites excluding steroid dienone is 4. The number of aromatic nitrogens is 2. The number of terminal acetylenes is 1. The zero-order valence-electron chi connectivity index (χ0n) is 16.1. The molecule has 0 aliphatic rings. The number of aryl methyl sites for hydroxylation is 2. The Bertz CT molecular complexity index is 816. The first-order valence-corrected chi connectivity index (χ1v) is 10.6. The van der Waals surface area contributed by atoms with Crippen molar-refractivity contribution in [2.45, 2.75) is 50.7 Å². The summed E-state index contributed by atoms with van der Waals surface area (Å²) in [5, 5.41) is 2.26. The van der Waals surface area contributed by atoms with E-state index in [1.807, 2.05) is 39.1 Å². The summed E-state index contributed by atoms with van der Waals surface area (Å²) in [6, 6.07) is 3.93. The fraction of sp³-hybridized carbons (Fsp3) is 0.333. The van der Waals surface area contributed by atoms with Gasteiger partial charge in [0.15, 0.2) is 5.09 Å². The van der Waals surface area contributed by atoms with E-state index >= 15 is 0 Å². The molecule has 2 heterocycles. The number of pyridine rings is 1. The number of alkyl halides is 1. The molecule has 0 bridgehead atoms. The number of nitrogens with zero attached hydrogens (tertiary/aromatic N) is 2. The number of rotatable bonds is 7. The lowest BCUT2D eigenvalue weighted by atomic mass is 10.1. The number of halogens is 2. The second-order valence-electron chi connectivity index (χ2n) is 5.29. The second kappa shape index (κ2) is 12.5. The van der Waals surface area contributed by atoms with Gasteiger partial charge < -0.3 is 4.42 Å². The molecule has 144 valence electrons. The lowest BCUT2D eigenvalue weighted by Crippen LogP contribution is -1.90. The highest BCUT2D eigenvalue weighted by Crippen LogP contribution is 2.33. The van der Waals surface area contributed by atoms with Crippen LogP contribution in [0, 0.1) is 19.3 Å². The van der Waals surface area contributed by atoms with Crippen LogP contribution in [0.2, 0.25) is 0 Å². The van der Waals surface area contributed by atoms with E-state index in [-0.39, 0.29) is 5.83 Å². The normalized spacial score (nSPS) is 11.6. The standard InChI is InChI=1S/C19H18BrFN2OS.C2H6/c1-4-5-15(8-7-14(3)21)18-23-16(10-11-20)19(24-18)25-17-9-6-13(2)12-22-17;1-2/h1,6-9,12H,5,10-11H2,2-3H3;1-2H3/b14-7+,15-8+;. The topological polar surface area (TPSA) is 38.9 Å². The van der Waals surface area contributed by atoms with E-state index in [2.05, 4.69) is 31.8 Å². The molecular weight excluding hydrogens is 427 g/mol. The Kier molecular flexibility index (Phi) is 10.8. The highest BCUT2D eigenvalue weighted by Gasteiger charge is 2.17. The van der Waals surface area contributed by atoms with Crippen molar-refractivity contribution in [2.24, 2.45) is 0 Å². The van der Waals surface area contributed by atoms with E-state index in [9.17, 15) is 4.39 Å². The van der Waals surface area contributed by atoms with E-state index in [1.165, 1.54) is 24.8 Å². The van der Waals surface area contributed by atoms with E-state index in [4.69, 9.17) is 10.8 Å². The van der Waals surface area contributed by atoms with Crippen LogP contribution in [-0.4, -0.2) is 15.3 Å². The fourth-order valence-corrected chi connectivity index (χ4v) is 3.14. The van der Waals surface area contributed by atoms with Crippen LogP contribution in [0.3, 0.4) is 0 Å². The molecule has 2 aromatic heterocycles. The van der Waals surface area contributed by atoms with Crippen LogP contribution in [0.5, 0.6) is 0 Å². The highest BCUT2D eigenvalue weighted by atomic mass is 79.9. The van der Waals surface area contributed by atoms with Gasteiger partial charge in [-0.05, 0) is 43.3 Å². The van der Waals surface area contributed by atoms with Crippen LogP contribution in [0.4, 0.5) is 4.39 Å². The highest BCUT2D eigenvalue weighted by molar-refractivity contribution is 9.09. The summed E-state index contributed by atoms with van der Waals surface area (Å²) in [4.78, 5) is 8.93. The number of hydrogen-bond donors (Lipinski definition) is 0. The van der Waals surface area contributed by atoms with Crippen LogP contribution < -0.4 is 0 Å². The third kappa shape index (κ3) is 7.74. The number of hydrogen-bond acceptors (Lipinski definition) is 4. The Labute approximate surface area is 173 Å². The van der Waals surface area contributed by atoms with Gasteiger partial charge in [-0.25, -0.2) is 14.4 Å². The number of oxazole rings is 1. The van der Waals surface area contributed by atoms with Crippen molar-refractivity contribution in [3.63, 3.8) is 0 Å². The van der Waals surface area contributed by atoms with Crippen LogP contribution >= 0.6 is 27.7 Å². The van der Waals surface area contributed by atoms with Crippen molar-refractivity contribution in [3.05, 3.63) is 53.5 Å². The lowest BCUT2D eigenvalue weighted by molar-refractivity contribution is 0.453. The smallest absolute Gasteiger partial charge is 0.224 e. The monoisotopic (exact) mass is 450 g/mol. The predicted molar refractivity (Wildman–Crippen MR) is 115 cm³/mol. The quantitative estimate of drug-likeness (QED) is 0.265. The zero-order valence-corrected chi connectivity index (χ0v) is 18.5. The molecule has 2 aromatic rings. The molecule has 0 aliphatic heterocycles. The Morgan fingerprint density at radius 2 is 2.11 bits per heavy atom. The van der Waals surface area contributed by atoms with Gasteiger partial charge in [0.25, 0.3) is 0 Å². The largest absolute Gasteiger partial charge is 0.429 e. The van der Waals surface area contributed by atoms with Crippen LogP contribution in [0.15, 0.2) is 50.8 Å². The lowest BCUT2D eigenvalue weighted by Gasteiger charge is -2.00. The zero-order chi connectivity index (χ0) is 20.2. The van der Waals surface area contributed by atoms with Gasteiger partial charge in [0.05, 0.1) is 11.5 Å². The molecule has 0 N–H and O–H groups in total. The third-order valence-corrected chi connectivity index (χ3v) is 4.51. The van der Waals surface area contributed by atoms with E-state index in [1.54, 1.807) is 6.08 Å². The molecule has 2 rings (SSSR count). The second-order valence-corrected chi connectivity index (χ2v) is 7.08. The van der Waals surface area contributed by atoms with Crippen LogP contribution in [0.1, 0.15) is 44.3 Å². The van der Waals surface area contributed by atoms with Crippen molar-refractivity contribution in [1.82, 2.24) is 9.97 Å². The van der Waals surface area contributed by atoms with Gasteiger partial charge in [-0.3, -0.25) is 0 Å². The van der Waals surface area contributed by atoms with Crippen molar-refractivity contribution >= 4 is 33.3 Å². The van der Waals surface area contributed by atoms with E-state index < -0.39 is 0 Å². The molecule has 0 aromatic carbocycles. The maximum Gasteiger partial charge on any atom is 0.224 e. The van der Waals surface area contributed by atoms with Gasteiger partial charge in [-0.2, -0.15) is 0 Å². The molecule has 0 saturated carbocycles. The minimum atomic E-state index is -0.305. The molecule has 0 spiro atoms. The fourth-order valence-electron chi connectivity index (χ4n) is 1.94. The summed E-state index contributed by atoms with van der Waals surface area (Å²) in [5.41, 5.74) is 2.58.